The van der Waals surface area contributed by atoms with Crippen LogP contribution in [0.25, 0.3) is 6.08 Å². The Labute approximate surface area is 295 Å². The topological polar surface area (TPSA) is 69.9 Å². The van der Waals surface area contributed by atoms with Crippen molar-refractivity contribution in [2.24, 2.45) is 4.99 Å². The van der Waals surface area contributed by atoms with Gasteiger partial charge in [0.1, 0.15) is 12.4 Å². The molecule has 15 heteroatoms. The number of benzene rings is 3. The van der Waals surface area contributed by atoms with Crippen molar-refractivity contribution in [2.45, 2.75) is 25.7 Å². The molecule has 2 heterocycles. The van der Waals surface area contributed by atoms with E-state index in [1.165, 1.54) is 37.3 Å². The van der Waals surface area contributed by atoms with Gasteiger partial charge in [0.05, 0.1) is 36.4 Å². The van der Waals surface area contributed by atoms with Gasteiger partial charge in [-0.15, -0.1) is 0 Å². The van der Waals surface area contributed by atoms with E-state index >= 15 is 0 Å². The van der Waals surface area contributed by atoms with E-state index in [0.717, 1.165) is 21.5 Å². The number of fused-ring (bicyclic) bond motifs is 1. The van der Waals surface area contributed by atoms with Crippen molar-refractivity contribution in [3.63, 3.8) is 0 Å². The highest BCUT2D eigenvalue weighted by atomic mass is 127. The van der Waals surface area contributed by atoms with Gasteiger partial charge in [-0.05, 0) is 83.1 Å². The molecular weight excluding hydrogens is 855 g/mol. The van der Waals surface area contributed by atoms with E-state index in [1.807, 2.05) is 6.07 Å². The zero-order valence-corrected chi connectivity index (χ0v) is 29.6. The van der Waals surface area contributed by atoms with Crippen LogP contribution in [0.1, 0.15) is 29.7 Å². The third-order valence-corrected chi connectivity index (χ3v) is 9.70. The molecule has 0 saturated carbocycles. The molecule has 0 radical (unpaired) electrons. The molecule has 0 spiro atoms. The molecule has 3 aromatic carbocycles. The zero-order chi connectivity index (χ0) is 32.6. The zero-order valence-electron chi connectivity index (χ0n) is 22.7. The largest absolute Gasteiger partial charge is 0.487 e. The molecule has 0 amide bonds. The number of hydrogen-bond donors (Lipinski definition) is 0. The number of carbonyl (C=O) groups excluding carboxylic acids is 1. The predicted octanol–water partition coefficient (Wildman–Crippen LogP) is 8.25. The number of hydrogen-bond acceptors (Lipinski definition) is 6. The van der Waals surface area contributed by atoms with Gasteiger partial charge in [-0.25, -0.2) is 9.79 Å². The van der Waals surface area contributed by atoms with Gasteiger partial charge >= 0.3 is 12.1 Å². The van der Waals surface area contributed by atoms with Crippen LogP contribution in [0.3, 0.4) is 0 Å². The molecule has 1 aliphatic rings. The van der Waals surface area contributed by atoms with Gasteiger partial charge < -0.3 is 9.47 Å². The summed E-state index contributed by atoms with van der Waals surface area (Å²) in [6.45, 7) is 1.40. The standard InChI is InChI=1S/C30H18BrCl3F3IN2O4S/c1-2-43-28(42)23-24(15-4-6-18(32)7-5-15)40-27(41)22(45-29(40)39-26(23)30(35,36)37)11-16-10-17(31)12-21(38)25(16)44-13-14-3-8-19(33)20(34)9-14/h3-12,24H,2,13H2,1H3/b22-11-/t24-/m0/s1. The van der Waals surface area contributed by atoms with Crippen LogP contribution < -0.4 is 19.6 Å². The average Bonchev–Trinajstić information content (AvgIpc) is 3.28. The molecule has 0 aliphatic carbocycles. The highest BCUT2D eigenvalue weighted by molar-refractivity contribution is 14.1. The van der Waals surface area contributed by atoms with Crippen LogP contribution in [-0.2, 0) is 16.1 Å². The van der Waals surface area contributed by atoms with Crippen LogP contribution in [0.4, 0.5) is 13.2 Å². The lowest BCUT2D eigenvalue weighted by Gasteiger charge is -2.26. The number of carbonyl (C=O) groups is 1. The fourth-order valence-electron chi connectivity index (χ4n) is 4.57. The molecule has 5 rings (SSSR count). The number of ether oxygens (including phenoxy) is 2. The van der Waals surface area contributed by atoms with Crippen molar-refractivity contribution in [2.75, 3.05) is 6.61 Å². The molecule has 6 nitrogen and oxygen atoms in total. The Morgan fingerprint density at radius 2 is 1.82 bits per heavy atom. The Morgan fingerprint density at radius 3 is 2.47 bits per heavy atom. The summed E-state index contributed by atoms with van der Waals surface area (Å²) in [5, 5.41) is 1.08. The van der Waals surface area contributed by atoms with Gasteiger partial charge in [0.2, 0.25) is 0 Å². The van der Waals surface area contributed by atoms with Crippen LogP contribution in [0.15, 0.2) is 80.1 Å². The lowest BCUT2D eigenvalue weighted by molar-refractivity contribution is -0.140. The van der Waals surface area contributed by atoms with E-state index in [0.29, 0.717) is 34.4 Å². The molecule has 0 unspecified atom stereocenters. The van der Waals surface area contributed by atoms with E-state index in [4.69, 9.17) is 44.3 Å². The quantitative estimate of drug-likeness (QED) is 0.139. The fraction of sp³-hybridized carbons (Fsp3) is 0.167. The smallest absolute Gasteiger partial charge is 0.434 e. The molecule has 0 saturated heterocycles. The summed E-state index contributed by atoms with van der Waals surface area (Å²) in [6, 6.07) is 12.9. The van der Waals surface area contributed by atoms with Gasteiger partial charge in [0.15, 0.2) is 10.5 Å². The van der Waals surface area contributed by atoms with Gasteiger partial charge in [-0.1, -0.05) is 80.3 Å². The van der Waals surface area contributed by atoms with Gasteiger partial charge in [0, 0.05) is 15.1 Å². The van der Waals surface area contributed by atoms with E-state index in [-0.39, 0.29) is 28.1 Å². The minimum absolute atomic E-state index is 0.0626. The van der Waals surface area contributed by atoms with Gasteiger partial charge in [0.25, 0.3) is 5.56 Å². The van der Waals surface area contributed by atoms with Crippen molar-refractivity contribution in [1.29, 1.82) is 0 Å². The van der Waals surface area contributed by atoms with Crippen molar-refractivity contribution in [1.82, 2.24) is 4.57 Å². The Kier molecular flexibility index (Phi) is 10.4. The minimum Gasteiger partial charge on any atom is -0.487 e. The second-order valence-corrected chi connectivity index (χ2v) is 13.8. The first kappa shape index (κ1) is 34.0. The molecular formula is C30H18BrCl3F3IN2O4S. The number of aromatic nitrogens is 1. The van der Waals surface area contributed by atoms with Crippen LogP contribution in [-0.4, -0.2) is 23.3 Å². The number of nitrogens with zero attached hydrogens (tertiary/aromatic N) is 2. The first-order valence-electron chi connectivity index (χ1n) is 12.9. The van der Waals surface area contributed by atoms with E-state index in [2.05, 4.69) is 43.5 Å². The molecule has 4 aromatic rings. The molecule has 1 aromatic heterocycles. The first-order chi connectivity index (χ1) is 21.3. The SMILES string of the molecule is CCOC(=O)C1=C(C(F)(F)F)N=c2s/c(=C\c3cc(Br)cc(I)c3OCc3ccc(Cl)c(Cl)c3)c(=O)n2[C@H]1c1ccc(Cl)cc1. The molecule has 45 heavy (non-hydrogen) atoms. The minimum atomic E-state index is -5.02. The summed E-state index contributed by atoms with van der Waals surface area (Å²) in [5.74, 6) is -0.810. The number of alkyl halides is 3. The Hall–Kier alpha value is -2.36. The number of esters is 1. The molecule has 0 bridgehead atoms. The predicted molar refractivity (Wildman–Crippen MR) is 180 cm³/mol. The van der Waals surface area contributed by atoms with Gasteiger partial charge in [-0.2, -0.15) is 13.2 Å². The first-order valence-corrected chi connectivity index (χ1v) is 16.7. The molecule has 1 aliphatic heterocycles. The molecule has 0 fully saturated rings. The number of halogens is 8. The van der Waals surface area contributed by atoms with Crippen molar-refractivity contribution < 1.29 is 27.4 Å². The van der Waals surface area contributed by atoms with E-state index in [1.54, 1.807) is 24.3 Å². The van der Waals surface area contributed by atoms with E-state index < -0.39 is 35.0 Å². The highest BCUT2D eigenvalue weighted by Gasteiger charge is 2.45. The van der Waals surface area contributed by atoms with Crippen LogP contribution in [0, 0.1) is 3.57 Å². The summed E-state index contributed by atoms with van der Waals surface area (Å²) >= 11 is 24.5. The van der Waals surface area contributed by atoms with E-state index in [9.17, 15) is 22.8 Å². The second kappa shape index (κ2) is 13.8. The van der Waals surface area contributed by atoms with Gasteiger partial charge in [-0.3, -0.25) is 9.36 Å². The summed E-state index contributed by atoms with van der Waals surface area (Å²) in [7, 11) is 0. The van der Waals surface area contributed by atoms with Crippen molar-refractivity contribution in [3.05, 3.63) is 125 Å². The summed E-state index contributed by atoms with van der Waals surface area (Å²) in [4.78, 5) is 30.6. The normalized spacial score (nSPS) is 15.1. The number of rotatable bonds is 7. The number of allylic oxidation sites excluding steroid dienone is 1. The maximum atomic E-state index is 14.4. The van der Waals surface area contributed by atoms with Crippen molar-refractivity contribution in [3.8, 4) is 5.75 Å². The Bertz CT molecular complexity index is 2030. The van der Waals surface area contributed by atoms with Crippen LogP contribution >= 0.6 is 84.7 Å². The summed E-state index contributed by atoms with van der Waals surface area (Å²) in [6.07, 6.45) is -3.50. The maximum absolute atomic E-state index is 14.4. The lowest BCUT2D eigenvalue weighted by atomic mass is 9.95. The third kappa shape index (κ3) is 7.31. The summed E-state index contributed by atoms with van der Waals surface area (Å²) < 4.78 is 56.9. The molecule has 234 valence electrons. The maximum Gasteiger partial charge on any atom is 0.434 e. The van der Waals surface area contributed by atoms with Crippen molar-refractivity contribution >= 4 is 96.7 Å². The fourth-order valence-corrected chi connectivity index (χ4v) is 7.71. The van der Waals surface area contributed by atoms with Crippen LogP contribution in [0.2, 0.25) is 15.1 Å². The third-order valence-electron chi connectivity index (χ3n) is 6.47. The average molecular weight is 873 g/mol. The second-order valence-electron chi connectivity index (χ2n) is 9.46. The monoisotopic (exact) mass is 870 g/mol. The molecule has 0 N–H and O–H groups in total. The lowest BCUT2D eigenvalue weighted by Crippen LogP contribution is -2.41. The Balaban J connectivity index is 1.70. The number of thiazole rings is 1. The summed E-state index contributed by atoms with van der Waals surface area (Å²) in [5.41, 5.74) is -1.46. The highest BCUT2D eigenvalue weighted by Crippen LogP contribution is 2.39. The molecule has 1 atom stereocenters. The Morgan fingerprint density at radius 1 is 1.11 bits per heavy atom. The van der Waals surface area contributed by atoms with Crippen LogP contribution in [0.5, 0.6) is 5.75 Å².